The third-order valence-electron chi connectivity index (χ3n) is 4.94. The van der Waals surface area contributed by atoms with Crippen LogP contribution in [-0.4, -0.2) is 19.2 Å². The molecule has 0 saturated heterocycles. The van der Waals surface area contributed by atoms with Gasteiger partial charge in [0.1, 0.15) is 11.9 Å². The maximum atomic E-state index is 12.7. The van der Waals surface area contributed by atoms with Crippen LogP contribution in [0.5, 0.6) is 5.75 Å². The van der Waals surface area contributed by atoms with Crippen molar-refractivity contribution in [3.05, 3.63) is 76.4 Å². The highest BCUT2D eigenvalue weighted by Crippen LogP contribution is 2.17. The lowest BCUT2D eigenvalue weighted by atomic mass is 10.0. The lowest BCUT2D eigenvalue weighted by molar-refractivity contribution is 0.0398. The van der Waals surface area contributed by atoms with Crippen LogP contribution in [0.4, 0.5) is 0 Å². The van der Waals surface area contributed by atoms with Gasteiger partial charge in [-0.15, -0.1) is 0 Å². The molecule has 0 fully saturated rings. The van der Waals surface area contributed by atoms with E-state index in [4.69, 9.17) is 9.47 Å². The minimum Gasteiger partial charge on any atom is -0.497 e. The predicted molar refractivity (Wildman–Crippen MR) is 132 cm³/mol. The van der Waals surface area contributed by atoms with Gasteiger partial charge in [0.05, 0.1) is 12.7 Å². The van der Waals surface area contributed by atoms with Crippen LogP contribution in [0.2, 0.25) is 0 Å². The molecule has 0 N–H and O–H groups in total. The Morgan fingerprint density at radius 2 is 1.39 bits per heavy atom. The molecule has 31 heavy (non-hydrogen) atoms. The molecule has 3 nitrogen and oxygen atoms in total. The van der Waals surface area contributed by atoms with Crippen molar-refractivity contribution in [1.82, 2.24) is 0 Å². The van der Waals surface area contributed by atoms with Crippen molar-refractivity contribution >= 4 is 5.97 Å². The lowest BCUT2D eigenvalue weighted by Crippen LogP contribution is -2.16. The smallest absolute Gasteiger partial charge is 0.338 e. The number of rotatable bonds is 12. The van der Waals surface area contributed by atoms with Crippen molar-refractivity contribution in [3.8, 4) is 5.75 Å². The van der Waals surface area contributed by atoms with Gasteiger partial charge in [0, 0.05) is 6.42 Å². The number of ether oxygens (including phenoxy) is 2. The Morgan fingerprint density at radius 3 is 1.90 bits per heavy atom. The van der Waals surface area contributed by atoms with Crippen LogP contribution in [0, 0.1) is 0 Å². The van der Waals surface area contributed by atoms with Crippen molar-refractivity contribution in [1.29, 1.82) is 0 Å². The van der Waals surface area contributed by atoms with Crippen LogP contribution in [0.1, 0.15) is 84.0 Å². The zero-order valence-corrected chi connectivity index (χ0v) is 20.5. The van der Waals surface area contributed by atoms with E-state index in [9.17, 15) is 4.79 Å². The fourth-order valence-electron chi connectivity index (χ4n) is 3.08. The molecule has 1 aromatic carbocycles. The van der Waals surface area contributed by atoms with Crippen LogP contribution in [0.3, 0.4) is 0 Å². The molecule has 170 valence electrons. The minimum atomic E-state index is -0.309. The average Bonchev–Trinajstić information content (AvgIpc) is 2.71. The molecule has 1 aromatic rings. The number of allylic oxidation sites excluding steroid dienone is 6. The number of carbonyl (C=O) groups is 1. The van der Waals surface area contributed by atoms with Gasteiger partial charge < -0.3 is 9.47 Å². The van der Waals surface area contributed by atoms with Gasteiger partial charge in [-0.3, -0.25) is 0 Å². The average molecular weight is 425 g/mol. The van der Waals surface area contributed by atoms with Crippen LogP contribution in [0.15, 0.2) is 70.9 Å². The molecule has 0 aliphatic carbocycles. The summed E-state index contributed by atoms with van der Waals surface area (Å²) >= 11 is 0. The first kappa shape index (κ1) is 26.5. The summed E-state index contributed by atoms with van der Waals surface area (Å²) in [6.45, 7) is 12.7. The third-order valence-corrected chi connectivity index (χ3v) is 4.94. The second kappa shape index (κ2) is 14.5. The number of benzene rings is 1. The Morgan fingerprint density at radius 1 is 0.839 bits per heavy atom. The second-order valence-corrected chi connectivity index (χ2v) is 8.61. The number of hydrogen-bond donors (Lipinski definition) is 0. The van der Waals surface area contributed by atoms with Crippen molar-refractivity contribution in [3.63, 3.8) is 0 Å². The quantitative estimate of drug-likeness (QED) is 0.252. The van der Waals surface area contributed by atoms with Gasteiger partial charge in [-0.1, -0.05) is 40.5 Å². The molecular formula is C28H40O3. The van der Waals surface area contributed by atoms with E-state index >= 15 is 0 Å². The molecule has 0 radical (unpaired) electrons. The van der Waals surface area contributed by atoms with Gasteiger partial charge in [-0.2, -0.15) is 0 Å². The highest BCUT2D eigenvalue weighted by molar-refractivity contribution is 5.89. The largest absolute Gasteiger partial charge is 0.497 e. The third kappa shape index (κ3) is 12.0. The monoisotopic (exact) mass is 424 g/mol. The molecular weight excluding hydrogens is 384 g/mol. The van der Waals surface area contributed by atoms with Gasteiger partial charge in [0.2, 0.25) is 0 Å². The molecule has 0 aromatic heterocycles. The van der Waals surface area contributed by atoms with E-state index in [1.54, 1.807) is 31.4 Å². The van der Waals surface area contributed by atoms with E-state index in [0.29, 0.717) is 12.0 Å². The van der Waals surface area contributed by atoms with Crippen molar-refractivity contribution in [2.24, 2.45) is 0 Å². The van der Waals surface area contributed by atoms with Gasteiger partial charge in [-0.05, 0) is 97.6 Å². The number of carbonyl (C=O) groups excluding carboxylic acids is 1. The molecule has 0 amide bonds. The van der Waals surface area contributed by atoms with E-state index < -0.39 is 0 Å². The summed E-state index contributed by atoms with van der Waals surface area (Å²) in [5, 5.41) is 0. The minimum absolute atomic E-state index is 0.278. The second-order valence-electron chi connectivity index (χ2n) is 8.61. The zero-order valence-electron chi connectivity index (χ0n) is 20.5. The molecule has 0 saturated carbocycles. The first-order valence-corrected chi connectivity index (χ1v) is 11.2. The summed E-state index contributed by atoms with van der Waals surface area (Å²) in [4.78, 5) is 12.7. The molecule has 0 aliphatic heterocycles. The van der Waals surface area contributed by atoms with Crippen molar-refractivity contribution in [2.75, 3.05) is 7.11 Å². The van der Waals surface area contributed by atoms with Crippen LogP contribution in [-0.2, 0) is 4.74 Å². The Kier molecular flexibility index (Phi) is 12.3. The topological polar surface area (TPSA) is 35.5 Å². The summed E-state index contributed by atoms with van der Waals surface area (Å²) in [6, 6.07) is 7.03. The van der Waals surface area contributed by atoms with Gasteiger partial charge in [-0.25, -0.2) is 4.79 Å². The van der Waals surface area contributed by atoms with Gasteiger partial charge in [0.15, 0.2) is 0 Å². The molecule has 0 bridgehead atoms. The highest BCUT2D eigenvalue weighted by atomic mass is 16.5. The molecule has 1 rings (SSSR count). The van der Waals surface area contributed by atoms with E-state index in [0.717, 1.165) is 31.4 Å². The molecule has 1 atom stereocenters. The van der Waals surface area contributed by atoms with Crippen molar-refractivity contribution < 1.29 is 14.3 Å². The van der Waals surface area contributed by atoms with Crippen LogP contribution < -0.4 is 4.74 Å². The number of methoxy groups -OCH3 is 1. The maximum Gasteiger partial charge on any atom is 0.338 e. The summed E-state index contributed by atoms with van der Waals surface area (Å²) in [6.07, 6.45) is 13.2. The van der Waals surface area contributed by atoms with E-state index in [2.05, 4.69) is 65.8 Å². The fraction of sp³-hybridized carbons (Fsp3) is 0.464. The highest BCUT2D eigenvalue weighted by Gasteiger charge is 2.14. The van der Waals surface area contributed by atoms with Crippen LogP contribution in [0.25, 0.3) is 0 Å². The molecule has 0 spiro atoms. The Bertz CT molecular complexity index is 799. The molecule has 0 heterocycles. The summed E-state index contributed by atoms with van der Waals surface area (Å²) in [5.74, 6) is 0.412. The standard InChI is InChI=1S/C28H40O3/c1-21(2)10-8-12-23(5)14-17-27(20-24(6)13-9-11-22(3)4)31-28(29)25-15-18-26(30-7)19-16-25/h10-11,14-16,18-20,27H,8-9,12-13,17H2,1-7H3/b23-14+,24-20+. The summed E-state index contributed by atoms with van der Waals surface area (Å²) in [7, 11) is 1.61. The molecule has 3 heteroatoms. The Balaban J connectivity index is 2.88. The van der Waals surface area contributed by atoms with E-state index in [1.165, 1.54) is 22.3 Å². The van der Waals surface area contributed by atoms with E-state index in [1.807, 2.05) is 0 Å². The van der Waals surface area contributed by atoms with Gasteiger partial charge >= 0.3 is 5.97 Å². The number of hydrogen-bond acceptors (Lipinski definition) is 3. The Hall–Kier alpha value is -2.55. The predicted octanol–water partition coefficient (Wildman–Crippen LogP) is 8.00. The lowest BCUT2D eigenvalue weighted by Gasteiger charge is -2.15. The first-order chi connectivity index (χ1) is 14.7. The fourth-order valence-corrected chi connectivity index (χ4v) is 3.08. The Labute approximate surface area is 189 Å². The molecule has 0 aliphatic rings. The van der Waals surface area contributed by atoms with Gasteiger partial charge in [0.25, 0.3) is 0 Å². The SMILES string of the molecule is COc1ccc(C(=O)OC(/C=C(\C)CCC=C(C)C)C/C=C(\C)CCC=C(C)C)cc1. The van der Waals surface area contributed by atoms with Crippen LogP contribution >= 0.6 is 0 Å². The first-order valence-electron chi connectivity index (χ1n) is 11.2. The number of esters is 1. The summed E-state index contributed by atoms with van der Waals surface area (Å²) in [5.41, 5.74) is 5.75. The molecule has 1 unspecified atom stereocenters. The van der Waals surface area contributed by atoms with E-state index in [-0.39, 0.29) is 12.1 Å². The maximum absolute atomic E-state index is 12.7. The summed E-state index contributed by atoms with van der Waals surface area (Å²) < 4.78 is 11.0. The normalized spacial score (nSPS) is 12.7. The zero-order chi connectivity index (χ0) is 23.2. The van der Waals surface area contributed by atoms with Crippen molar-refractivity contribution in [2.45, 2.75) is 79.8 Å².